The van der Waals surface area contributed by atoms with E-state index in [4.69, 9.17) is 4.74 Å². The zero-order valence-electron chi connectivity index (χ0n) is 18.4. The van der Waals surface area contributed by atoms with Gasteiger partial charge in [-0.05, 0) is 68.0 Å². The molecule has 4 atom stereocenters. The molecular weight excluding hydrogens is 420 g/mol. The number of anilines is 2. The van der Waals surface area contributed by atoms with E-state index in [2.05, 4.69) is 11.4 Å². The average Bonchev–Trinajstić information content (AvgIpc) is 3.44. The molecule has 33 heavy (non-hydrogen) atoms. The zero-order chi connectivity index (χ0) is 23.3. The van der Waals surface area contributed by atoms with Gasteiger partial charge in [0.05, 0.1) is 23.1 Å². The highest BCUT2D eigenvalue weighted by atomic mass is 16.5. The van der Waals surface area contributed by atoms with E-state index >= 15 is 0 Å². The Balaban J connectivity index is 1.22. The molecule has 2 aliphatic carbocycles. The molecular formula is C26H24N2O5. The van der Waals surface area contributed by atoms with Gasteiger partial charge in [-0.25, -0.2) is 4.79 Å². The molecule has 1 heterocycles. The molecule has 3 aliphatic rings. The maximum atomic E-state index is 13.0. The van der Waals surface area contributed by atoms with E-state index in [9.17, 15) is 19.2 Å². The van der Waals surface area contributed by atoms with Crippen LogP contribution in [0.1, 0.15) is 29.3 Å². The van der Waals surface area contributed by atoms with Gasteiger partial charge in [-0.1, -0.05) is 29.8 Å². The van der Waals surface area contributed by atoms with Gasteiger partial charge in [0.2, 0.25) is 11.8 Å². The van der Waals surface area contributed by atoms with Crippen LogP contribution in [0.3, 0.4) is 0 Å². The van der Waals surface area contributed by atoms with Crippen molar-refractivity contribution >= 4 is 35.1 Å². The van der Waals surface area contributed by atoms with Crippen LogP contribution in [0.15, 0.2) is 60.2 Å². The lowest BCUT2D eigenvalue weighted by molar-refractivity contribution is -0.123. The summed E-state index contributed by atoms with van der Waals surface area (Å²) in [6, 6.07) is 13.5. The number of allylic oxidation sites excluding steroid dienone is 2. The van der Waals surface area contributed by atoms with Crippen LogP contribution in [0.4, 0.5) is 11.4 Å². The minimum absolute atomic E-state index is 0.140. The molecule has 1 saturated heterocycles. The third kappa shape index (κ3) is 3.53. The van der Waals surface area contributed by atoms with E-state index in [0.29, 0.717) is 11.4 Å². The zero-order valence-corrected chi connectivity index (χ0v) is 18.4. The molecule has 0 spiro atoms. The van der Waals surface area contributed by atoms with Gasteiger partial charge in [-0.3, -0.25) is 19.3 Å². The number of fused-ring (bicyclic) bond motifs is 5. The first-order valence-corrected chi connectivity index (χ1v) is 11.0. The first kappa shape index (κ1) is 21.1. The van der Waals surface area contributed by atoms with Crippen molar-refractivity contribution in [1.82, 2.24) is 0 Å². The first-order valence-electron chi connectivity index (χ1n) is 11.0. The van der Waals surface area contributed by atoms with Crippen LogP contribution < -0.4 is 10.2 Å². The Morgan fingerprint density at radius 3 is 2.42 bits per heavy atom. The van der Waals surface area contributed by atoms with Crippen molar-refractivity contribution in [2.45, 2.75) is 20.3 Å². The number of amides is 3. The molecule has 2 fully saturated rings. The number of hydrogen-bond acceptors (Lipinski definition) is 5. The number of esters is 1. The third-order valence-electron chi connectivity index (χ3n) is 7.00. The first-order chi connectivity index (χ1) is 15.8. The summed E-state index contributed by atoms with van der Waals surface area (Å²) in [4.78, 5) is 51.8. The summed E-state index contributed by atoms with van der Waals surface area (Å²) in [5.74, 6) is -1.67. The number of benzene rings is 2. The Bertz CT molecular complexity index is 1200. The second kappa shape index (κ2) is 7.99. The number of aryl methyl sites for hydroxylation is 1. The Morgan fingerprint density at radius 1 is 1.00 bits per heavy atom. The molecule has 1 aliphatic heterocycles. The quantitative estimate of drug-likeness (QED) is 0.433. The van der Waals surface area contributed by atoms with E-state index in [1.807, 2.05) is 32.0 Å². The van der Waals surface area contributed by atoms with Crippen LogP contribution in [-0.4, -0.2) is 30.3 Å². The third-order valence-corrected chi connectivity index (χ3v) is 7.00. The lowest BCUT2D eigenvalue weighted by Gasteiger charge is -2.19. The van der Waals surface area contributed by atoms with E-state index in [1.54, 1.807) is 18.2 Å². The summed E-state index contributed by atoms with van der Waals surface area (Å²) in [5, 5.41) is 2.71. The SMILES string of the molecule is CC1=C[C@H]2C[C@H]1[C@@H]1C(=O)N(c3ccc(C(=O)OCC(=O)Nc4ccccc4C)cc3)C(=O)[C@@H]12. The standard InChI is InChI=1S/C26H24N2O5/c1-14-5-3-4-6-20(14)27-21(29)13-33-26(32)16-7-9-18(10-8-16)28-24(30)22-17-11-15(2)19(12-17)23(22)25(28)31/h3-11,17,19,22-23H,12-13H2,1-2H3,(H,27,29)/t17-,19+,22+,23-/m0/s1. The van der Waals surface area contributed by atoms with Gasteiger partial charge in [0.15, 0.2) is 6.61 Å². The number of imide groups is 1. The monoisotopic (exact) mass is 444 g/mol. The lowest BCUT2D eigenvalue weighted by atomic mass is 9.82. The van der Waals surface area contributed by atoms with Crippen LogP contribution in [0, 0.1) is 30.6 Å². The van der Waals surface area contributed by atoms with E-state index in [1.165, 1.54) is 22.6 Å². The van der Waals surface area contributed by atoms with Crippen molar-refractivity contribution in [3.8, 4) is 0 Å². The summed E-state index contributed by atoms with van der Waals surface area (Å²) in [6.45, 7) is 3.48. The molecule has 2 aromatic carbocycles. The van der Waals surface area contributed by atoms with Crippen molar-refractivity contribution in [2.24, 2.45) is 23.7 Å². The molecule has 1 saturated carbocycles. The number of ether oxygens (including phenoxy) is 1. The van der Waals surface area contributed by atoms with Crippen LogP contribution in [0.25, 0.3) is 0 Å². The molecule has 2 bridgehead atoms. The Morgan fingerprint density at radius 2 is 1.70 bits per heavy atom. The fraction of sp³-hybridized carbons (Fsp3) is 0.308. The molecule has 168 valence electrons. The van der Waals surface area contributed by atoms with E-state index in [0.717, 1.165) is 12.0 Å². The molecule has 3 amide bonds. The number of para-hydroxylation sites is 1. The summed E-state index contributed by atoms with van der Waals surface area (Å²) >= 11 is 0. The lowest BCUT2D eigenvalue weighted by Crippen LogP contribution is -2.33. The minimum Gasteiger partial charge on any atom is -0.452 e. The number of rotatable bonds is 5. The van der Waals surface area contributed by atoms with Crippen LogP contribution >= 0.6 is 0 Å². The van der Waals surface area contributed by atoms with E-state index < -0.39 is 18.5 Å². The highest BCUT2D eigenvalue weighted by Gasteiger charge is 2.60. The molecule has 7 heteroatoms. The Kier molecular flexibility index (Phi) is 5.12. The van der Waals surface area contributed by atoms with Gasteiger partial charge in [0, 0.05) is 5.69 Å². The van der Waals surface area contributed by atoms with Crippen molar-refractivity contribution in [2.75, 3.05) is 16.8 Å². The smallest absolute Gasteiger partial charge is 0.338 e. The highest BCUT2D eigenvalue weighted by molar-refractivity contribution is 6.23. The Hall–Kier alpha value is -3.74. The molecule has 5 rings (SSSR count). The normalized spacial score (nSPS) is 25.2. The predicted molar refractivity (Wildman–Crippen MR) is 121 cm³/mol. The second-order valence-electron chi connectivity index (χ2n) is 8.97. The summed E-state index contributed by atoms with van der Waals surface area (Å²) in [7, 11) is 0. The topological polar surface area (TPSA) is 92.8 Å². The highest BCUT2D eigenvalue weighted by Crippen LogP contribution is 2.55. The molecule has 1 N–H and O–H groups in total. The second-order valence-corrected chi connectivity index (χ2v) is 8.97. The van der Waals surface area contributed by atoms with Crippen LogP contribution in [0.5, 0.6) is 0 Å². The van der Waals surface area contributed by atoms with Gasteiger partial charge in [-0.15, -0.1) is 0 Å². The summed E-state index contributed by atoms with van der Waals surface area (Å²) < 4.78 is 5.11. The molecule has 7 nitrogen and oxygen atoms in total. The molecule has 0 unspecified atom stereocenters. The largest absolute Gasteiger partial charge is 0.452 e. The predicted octanol–water partition coefficient (Wildman–Crippen LogP) is 3.49. The van der Waals surface area contributed by atoms with Crippen molar-refractivity contribution < 1.29 is 23.9 Å². The maximum absolute atomic E-state index is 13.0. The molecule has 0 radical (unpaired) electrons. The van der Waals surface area contributed by atoms with Crippen molar-refractivity contribution in [3.05, 3.63) is 71.3 Å². The number of carbonyl (C=O) groups excluding carboxylic acids is 4. The minimum atomic E-state index is -0.657. The fourth-order valence-electron chi connectivity index (χ4n) is 5.39. The van der Waals surface area contributed by atoms with Crippen LogP contribution in [-0.2, 0) is 19.1 Å². The van der Waals surface area contributed by atoms with Crippen LogP contribution in [0.2, 0.25) is 0 Å². The molecule has 0 aromatic heterocycles. The van der Waals surface area contributed by atoms with Gasteiger partial charge < -0.3 is 10.1 Å². The van der Waals surface area contributed by atoms with Gasteiger partial charge in [0.1, 0.15) is 0 Å². The Labute approximate surface area is 191 Å². The average molecular weight is 444 g/mol. The van der Waals surface area contributed by atoms with Gasteiger partial charge >= 0.3 is 5.97 Å². The van der Waals surface area contributed by atoms with E-state index in [-0.39, 0.29) is 41.0 Å². The summed E-state index contributed by atoms with van der Waals surface area (Å²) in [5.41, 5.74) is 3.45. The maximum Gasteiger partial charge on any atom is 0.338 e. The van der Waals surface area contributed by atoms with Gasteiger partial charge in [-0.2, -0.15) is 0 Å². The number of nitrogens with one attached hydrogen (secondary N) is 1. The fourth-order valence-corrected chi connectivity index (χ4v) is 5.39. The number of nitrogens with zero attached hydrogens (tertiary/aromatic N) is 1. The number of hydrogen-bond donors (Lipinski definition) is 1. The van der Waals surface area contributed by atoms with Crippen molar-refractivity contribution in [3.63, 3.8) is 0 Å². The number of carbonyl (C=O) groups is 4. The van der Waals surface area contributed by atoms with Gasteiger partial charge in [0.25, 0.3) is 5.91 Å². The molecule has 2 aromatic rings. The summed E-state index contributed by atoms with van der Waals surface area (Å²) in [6.07, 6.45) is 3.02. The van der Waals surface area contributed by atoms with Crippen molar-refractivity contribution in [1.29, 1.82) is 0 Å².